The van der Waals surface area contributed by atoms with Gasteiger partial charge in [-0.25, -0.2) is 9.78 Å². The fourth-order valence-electron chi connectivity index (χ4n) is 5.17. The molecule has 0 aliphatic carbocycles. The lowest BCUT2D eigenvalue weighted by molar-refractivity contribution is -0.178. The topological polar surface area (TPSA) is 168 Å². The van der Waals surface area contributed by atoms with Crippen LogP contribution < -0.4 is 10.1 Å². The summed E-state index contributed by atoms with van der Waals surface area (Å²) in [7, 11) is 1.21. The van der Waals surface area contributed by atoms with Crippen LogP contribution >= 0.6 is 11.6 Å². The van der Waals surface area contributed by atoms with Crippen molar-refractivity contribution in [3.05, 3.63) is 108 Å². The van der Waals surface area contributed by atoms with Crippen molar-refractivity contribution in [1.29, 1.82) is 0 Å². The number of carbonyl (C=O) groups excluding carboxylic acids is 4. The molecular weight excluding hydrogens is 692 g/mol. The third-order valence-electron chi connectivity index (χ3n) is 7.96. The fraction of sp³-hybridized carbons (Fsp3) is 0.316. The summed E-state index contributed by atoms with van der Waals surface area (Å²) in [6, 6.07) is 20.8. The largest absolute Gasteiger partial charge is 0.473 e. The SMILES string of the molecule is C=CCOc1cc(C(=O)N[C@H](Cc2ccc(-c3cccc(Cl)c3)cc2)C[C@@H](O)C(=O)OCOC(=O)[C@@H](CC(=O)OC)C(C)C)nn1-c1ccccn1. The standard InChI is InChI=1S/C38H41ClN4O9/c1-5-17-50-34-22-31(42-43(34)33-11-6-7-16-40-33)36(46)41-29(18-25-12-14-26(15-13-25)27-9-8-10-28(39)19-27)20-32(44)38(48)52-23-51-37(47)30(24(2)3)21-35(45)49-4/h5-16,19,22,24,29-30,32,44H,1,17-18,20-21,23H2,2-4H3,(H,41,46)/t29-,30+,32-/m1/s1. The monoisotopic (exact) mass is 732 g/mol. The van der Waals surface area contributed by atoms with Crippen molar-refractivity contribution in [3.8, 4) is 22.8 Å². The van der Waals surface area contributed by atoms with Gasteiger partial charge in [0.15, 0.2) is 17.6 Å². The van der Waals surface area contributed by atoms with Crippen LogP contribution in [0.15, 0.2) is 91.6 Å². The number of amides is 1. The average Bonchev–Trinajstić information content (AvgIpc) is 3.57. The Morgan fingerprint density at radius 2 is 1.73 bits per heavy atom. The lowest BCUT2D eigenvalue weighted by atomic mass is 9.93. The number of hydrogen-bond acceptors (Lipinski definition) is 11. The Hall–Kier alpha value is -5.53. The van der Waals surface area contributed by atoms with Crippen LogP contribution in [-0.4, -0.2) is 76.3 Å². The number of nitrogens with zero attached hydrogens (tertiary/aromatic N) is 3. The molecule has 0 bridgehead atoms. The van der Waals surface area contributed by atoms with Gasteiger partial charge in [0.1, 0.15) is 6.61 Å². The van der Waals surface area contributed by atoms with Crippen LogP contribution in [-0.2, 0) is 35.0 Å². The van der Waals surface area contributed by atoms with Gasteiger partial charge < -0.3 is 29.4 Å². The van der Waals surface area contributed by atoms with Crippen LogP contribution in [0.2, 0.25) is 5.02 Å². The van der Waals surface area contributed by atoms with Gasteiger partial charge >= 0.3 is 17.9 Å². The zero-order chi connectivity index (χ0) is 37.6. The normalized spacial score (nSPS) is 12.7. The summed E-state index contributed by atoms with van der Waals surface area (Å²) in [6.45, 7) is 6.52. The van der Waals surface area contributed by atoms with Gasteiger partial charge in [0.2, 0.25) is 12.7 Å². The number of esters is 3. The van der Waals surface area contributed by atoms with Crippen LogP contribution in [0.3, 0.4) is 0 Å². The predicted octanol–water partition coefficient (Wildman–Crippen LogP) is 5.12. The van der Waals surface area contributed by atoms with E-state index in [0.29, 0.717) is 10.8 Å². The van der Waals surface area contributed by atoms with Gasteiger partial charge in [0.25, 0.3) is 5.91 Å². The maximum absolute atomic E-state index is 13.6. The molecule has 2 heterocycles. The Labute approximate surface area is 306 Å². The predicted molar refractivity (Wildman–Crippen MR) is 192 cm³/mol. The lowest BCUT2D eigenvalue weighted by Crippen LogP contribution is -2.41. The van der Waals surface area contributed by atoms with Gasteiger partial charge in [-0.1, -0.05) is 80.6 Å². The summed E-state index contributed by atoms with van der Waals surface area (Å²) >= 11 is 6.17. The highest BCUT2D eigenvalue weighted by atomic mass is 35.5. The van der Waals surface area contributed by atoms with E-state index in [1.807, 2.05) is 42.5 Å². The van der Waals surface area contributed by atoms with Crippen molar-refractivity contribution in [2.24, 2.45) is 11.8 Å². The van der Waals surface area contributed by atoms with E-state index >= 15 is 0 Å². The summed E-state index contributed by atoms with van der Waals surface area (Å²) in [5.41, 5.74) is 2.64. The minimum absolute atomic E-state index is 0.00154. The highest BCUT2D eigenvalue weighted by Crippen LogP contribution is 2.24. The van der Waals surface area contributed by atoms with Crippen molar-refractivity contribution < 1.29 is 43.2 Å². The molecule has 274 valence electrons. The summed E-state index contributed by atoms with van der Waals surface area (Å²) < 4.78 is 21.9. The molecule has 2 aromatic carbocycles. The molecule has 14 heteroatoms. The molecule has 0 saturated heterocycles. The smallest absolute Gasteiger partial charge is 0.337 e. The molecule has 0 fully saturated rings. The summed E-state index contributed by atoms with van der Waals surface area (Å²) in [5, 5.41) is 18.8. The Morgan fingerprint density at radius 3 is 2.38 bits per heavy atom. The van der Waals surface area contributed by atoms with E-state index in [1.165, 1.54) is 17.9 Å². The second-order valence-corrected chi connectivity index (χ2v) is 12.5. The molecule has 0 spiro atoms. The molecule has 0 unspecified atom stereocenters. The van der Waals surface area contributed by atoms with Crippen molar-refractivity contribution in [2.45, 2.75) is 45.3 Å². The first-order valence-corrected chi connectivity index (χ1v) is 16.9. The number of carbonyl (C=O) groups is 4. The number of halogens is 1. The number of nitrogens with one attached hydrogen (secondary N) is 1. The van der Waals surface area contributed by atoms with Gasteiger partial charge in [-0.3, -0.25) is 14.4 Å². The van der Waals surface area contributed by atoms with Crippen LogP contribution in [0.1, 0.15) is 42.7 Å². The first-order valence-electron chi connectivity index (χ1n) is 16.5. The van der Waals surface area contributed by atoms with Crippen molar-refractivity contribution in [1.82, 2.24) is 20.1 Å². The number of aliphatic hydroxyl groups excluding tert-OH is 1. The summed E-state index contributed by atoms with van der Waals surface area (Å²) in [5.74, 6) is -3.41. The minimum Gasteiger partial charge on any atom is -0.473 e. The molecule has 0 saturated carbocycles. The van der Waals surface area contributed by atoms with E-state index in [2.05, 4.69) is 26.7 Å². The van der Waals surface area contributed by atoms with E-state index in [-0.39, 0.29) is 43.4 Å². The molecular formula is C38H41ClN4O9. The van der Waals surface area contributed by atoms with Crippen molar-refractivity contribution in [3.63, 3.8) is 0 Å². The van der Waals surface area contributed by atoms with Gasteiger partial charge in [0.05, 0.1) is 19.4 Å². The number of aromatic nitrogens is 3. The molecule has 13 nitrogen and oxygen atoms in total. The Balaban J connectivity index is 1.49. The van der Waals surface area contributed by atoms with E-state index < -0.39 is 48.7 Å². The molecule has 4 aromatic rings. The molecule has 52 heavy (non-hydrogen) atoms. The maximum Gasteiger partial charge on any atom is 0.337 e. The van der Waals surface area contributed by atoms with E-state index in [1.54, 1.807) is 50.4 Å². The van der Waals surface area contributed by atoms with Crippen LogP contribution in [0.4, 0.5) is 0 Å². The van der Waals surface area contributed by atoms with Crippen LogP contribution in [0.25, 0.3) is 16.9 Å². The number of rotatable bonds is 18. The van der Waals surface area contributed by atoms with Gasteiger partial charge in [0, 0.05) is 29.7 Å². The molecule has 4 rings (SSSR count). The number of benzene rings is 2. The third-order valence-corrected chi connectivity index (χ3v) is 8.19. The molecule has 2 N–H and O–H groups in total. The second-order valence-electron chi connectivity index (χ2n) is 12.1. The lowest BCUT2D eigenvalue weighted by Gasteiger charge is -2.21. The number of aliphatic hydroxyl groups is 1. The quantitative estimate of drug-likeness (QED) is 0.0791. The summed E-state index contributed by atoms with van der Waals surface area (Å²) in [4.78, 5) is 55.0. The van der Waals surface area contributed by atoms with Crippen molar-refractivity contribution >= 4 is 35.4 Å². The first kappa shape index (κ1) is 39.3. The van der Waals surface area contributed by atoms with E-state index in [0.717, 1.165) is 16.7 Å². The van der Waals surface area contributed by atoms with Gasteiger partial charge in [-0.2, -0.15) is 9.78 Å². The highest BCUT2D eigenvalue weighted by Gasteiger charge is 2.29. The molecule has 0 aliphatic rings. The maximum atomic E-state index is 13.6. The average molecular weight is 733 g/mol. The molecule has 0 aliphatic heterocycles. The third kappa shape index (κ3) is 11.2. The van der Waals surface area contributed by atoms with Gasteiger partial charge in [-0.15, -0.1) is 0 Å². The van der Waals surface area contributed by atoms with E-state index in [9.17, 15) is 24.3 Å². The number of hydrogen-bond donors (Lipinski definition) is 2. The minimum atomic E-state index is -1.71. The van der Waals surface area contributed by atoms with Crippen LogP contribution in [0, 0.1) is 11.8 Å². The Kier molecular flexibility index (Phi) is 14.5. The van der Waals surface area contributed by atoms with E-state index in [4.69, 9.17) is 25.8 Å². The Bertz CT molecular complexity index is 1830. The first-order chi connectivity index (χ1) is 25.0. The second kappa shape index (κ2) is 19.2. The zero-order valence-corrected chi connectivity index (χ0v) is 29.8. The molecule has 2 aromatic heterocycles. The molecule has 1 amide bonds. The van der Waals surface area contributed by atoms with Crippen molar-refractivity contribution in [2.75, 3.05) is 20.5 Å². The number of ether oxygens (including phenoxy) is 4. The zero-order valence-electron chi connectivity index (χ0n) is 29.1. The Morgan fingerprint density at radius 1 is 0.981 bits per heavy atom. The summed E-state index contributed by atoms with van der Waals surface area (Å²) in [6.07, 6.45) is 1.18. The van der Waals surface area contributed by atoms with Gasteiger partial charge in [-0.05, 0) is 53.3 Å². The molecule has 0 radical (unpaired) electrons. The van der Waals surface area contributed by atoms with Crippen LogP contribution in [0.5, 0.6) is 5.88 Å². The fourth-order valence-corrected chi connectivity index (χ4v) is 5.36. The molecule has 3 atom stereocenters. The highest BCUT2D eigenvalue weighted by molar-refractivity contribution is 6.30. The number of methoxy groups -OCH3 is 1. The number of pyridine rings is 1.